The van der Waals surface area contributed by atoms with Gasteiger partial charge in [0.1, 0.15) is 0 Å². The van der Waals surface area contributed by atoms with Gasteiger partial charge in [-0.2, -0.15) is 0 Å². The fraction of sp³-hybridized carbons (Fsp3) is 0.538. The van der Waals surface area contributed by atoms with Gasteiger partial charge in [-0.15, -0.1) is 0 Å². The minimum atomic E-state index is 0.0404. The number of nitrogens with zero attached hydrogens (tertiary/aromatic N) is 2. The van der Waals surface area contributed by atoms with Gasteiger partial charge < -0.3 is 16.0 Å². The number of pyridine rings is 1. The average Bonchev–Trinajstić information content (AvgIpc) is 2.34. The highest BCUT2D eigenvalue weighted by Gasteiger charge is 2.11. The van der Waals surface area contributed by atoms with Gasteiger partial charge in [0.15, 0.2) is 0 Å². The minimum Gasteiger partial charge on any atom is -0.374 e. The van der Waals surface area contributed by atoms with Crippen molar-refractivity contribution in [2.75, 3.05) is 25.5 Å². The van der Waals surface area contributed by atoms with Gasteiger partial charge in [-0.1, -0.05) is 0 Å². The summed E-state index contributed by atoms with van der Waals surface area (Å²) in [5, 5.41) is 2.62. The summed E-state index contributed by atoms with van der Waals surface area (Å²) in [6, 6.07) is 2.01. The van der Waals surface area contributed by atoms with Crippen molar-refractivity contribution < 1.29 is 4.79 Å². The Morgan fingerprint density at radius 2 is 2.17 bits per heavy atom. The molecule has 0 saturated heterocycles. The molecule has 5 nitrogen and oxygen atoms in total. The molecule has 1 aromatic rings. The van der Waals surface area contributed by atoms with Gasteiger partial charge in [-0.3, -0.25) is 9.78 Å². The lowest BCUT2D eigenvalue weighted by atomic mass is 10.1. The van der Waals surface area contributed by atoms with Crippen LogP contribution < -0.4 is 16.0 Å². The lowest BCUT2D eigenvalue weighted by molar-refractivity contribution is -0.120. The molecule has 1 aromatic heterocycles. The quantitative estimate of drug-likeness (QED) is 0.808. The first-order valence-corrected chi connectivity index (χ1v) is 6.08. The molecule has 0 atom stereocenters. The maximum Gasteiger partial charge on any atom is 0.221 e. The van der Waals surface area contributed by atoms with E-state index in [0.29, 0.717) is 19.5 Å². The van der Waals surface area contributed by atoms with Crippen molar-refractivity contribution in [1.29, 1.82) is 0 Å². The van der Waals surface area contributed by atoms with Crippen molar-refractivity contribution in [3.8, 4) is 0 Å². The van der Waals surface area contributed by atoms with Crippen LogP contribution in [-0.2, 0) is 11.3 Å². The lowest BCUT2D eigenvalue weighted by Crippen LogP contribution is -2.27. The molecule has 1 heterocycles. The van der Waals surface area contributed by atoms with E-state index in [9.17, 15) is 4.79 Å². The van der Waals surface area contributed by atoms with Crippen molar-refractivity contribution >= 4 is 11.6 Å². The van der Waals surface area contributed by atoms with Crippen LogP contribution in [0, 0.1) is 13.8 Å². The fourth-order valence-electron chi connectivity index (χ4n) is 1.94. The molecule has 0 aliphatic heterocycles. The summed E-state index contributed by atoms with van der Waals surface area (Å²) in [7, 11) is 3.62. The fourth-order valence-corrected chi connectivity index (χ4v) is 1.94. The number of hydrogen-bond acceptors (Lipinski definition) is 4. The number of aromatic nitrogens is 1. The van der Waals surface area contributed by atoms with Crippen LogP contribution in [0.1, 0.15) is 23.4 Å². The van der Waals surface area contributed by atoms with Crippen LogP contribution in [-0.4, -0.2) is 31.5 Å². The van der Waals surface area contributed by atoms with E-state index in [-0.39, 0.29) is 5.91 Å². The van der Waals surface area contributed by atoms with E-state index in [1.165, 1.54) is 0 Å². The normalized spacial score (nSPS) is 10.3. The number of carbonyl (C=O) groups excluding carboxylic acids is 1. The molecule has 0 spiro atoms. The molecule has 1 rings (SSSR count). The Labute approximate surface area is 108 Å². The van der Waals surface area contributed by atoms with Crippen LogP contribution in [0.2, 0.25) is 0 Å². The number of rotatable bonds is 5. The van der Waals surface area contributed by atoms with Crippen LogP contribution in [0.15, 0.2) is 6.07 Å². The second kappa shape index (κ2) is 6.35. The summed E-state index contributed by atoms with van der Waals surface area (Å²) < 4.78 is 0. The summed E-state index contributed by atoms with van der Waals surface area (Å²) in [5.74, 6) is 0.0404. The SMILES string of the molecule is CNC(=O)CCN(C)c1cc(C)nc(C)c1CN. The Morgan fingerprint density at radius 3 is 2.72 bits per heavy atom. The van der Waals surface area contributed by atoms with E-state index in [4.69, 9.17) is 5.73 Å². The predicted molar refractivity (Wildman–Crippen MR) is 73.6 cm³/mol. The Kier molecular flexibility index (Phi) is 5.09. The highest BCUT2D eigenvalue weighted by molar-refractivity contribution is 5.76. The molecule has 100 valence electrons. The standard InChI is InChI=1S/C13H22N4O/c1-9-7-12(11(8-14)10(2)16-9)17(4)6-5-13(18)15-3/h7H,5-6,8,14H2,1-4H3,(H,15,18). The second-order valence-corrected chi connectivity index (χ2v) is 4.40. The Bertz CT molecular complexity index is 431. The zero-order valence-electron chi connectivity index (χ0n) is 11.6. The van der Waals surface area contributed by atoms with Crippen molar-refractivity contribution in [1.82, 2.24) is 10.3 Å². The van der Waals surface area contributed by atoms with Crippen molar-refractivity contribution in [2.24, 2.45) is 5.73 Å². The zero-order chi connectivity index (χ0) is 13.7. The van der Waals surface area contributed by atoms with Gasteiger partial charge >= 0.3 is 0 Å². The van der Waals surface area contributed by atoms with Crippen LogP contribution in [0.25, 0.3) is 0 Å². The van der Waals surface area contributed by atoms with Gasteiger partial charge in [0.05, 0.1) is 0 Å². The molecule has 0 unspecified atom stereocenters. The molecule has 18 heavy (non-hydrogen) atoms. The third-order valence-electron chi connectivity index (χ3n) is 3.00. The Morgan fingerprint density at radius 1 is 1.50 bits per heavy atom. The summed E-state index contributed by atoms with van der Waals surface area (Å²) >= 11 is 0. The third-order valence-corrected chi connectivity index (χ3v) is 3.00. The first kappa shape index (κ1) is 14.4. The number of hydrogen-bond donors (Lipinski definition) is 2. The van der Waals surface area contributed by atoms with E-state index in [0.717, 1.165) is 22.6 Å². The maximum atomic E-state index is 11.3. The summed E-state index contributed by atoms with van der Waals surface area (Å²) in [6.07, 6.45) is 0.470. The van der Waals surface area contributed by atoms with E-state index in [2.05, 4.69) is 15.2 Å². The second-order valence-electron chi connectivity index (χ2n) is 4.40. The first-order chi connectivity index (χ1) is 8.49. The van der Waals surface area contributed by atoms with E-state index >= 15 is 0 Å². The van der Waals surface area contributed by atoms with Crippen molar-refractivity contribution in [3.63, 3.8) is 0 Å². The van der Waals surface area contributed by atoms with E-state index < -0.39 is 0 Å². The molecule has 5 heteroatoms. The number of anilines is 1. The Balaban J connectivity index is 2.90. The molecule has 0 saturated carbocycles. The molecule has 3 N–H and O–H groups in total. The molecular formula is C13H22N4O. The third kappa shape index (κ3) is 3.43. The van der Waals surface area contributed by atoms with Crippen LogP contribution in [0.4, 0.5) is 5.69 Å². The first-order valence-electron chi connectivity index (χ1n) is 6.08. The maximum absolute atomic E-state index is 11.3. The molecule has 0 fully saturated rings. The average molecular weight is 250 g/mol. The highest BCUT2D eigenvalue weighted by Crippen LogP contribution is 2.22. The van der Waals surface area contributed by atoms with Gasteiger partial charge in [0.25, 0.3) is 0 Å². The molecule has 0 bridgehead atoms. The minimum absolute atomic E-state index is 0.0404. The summed E-state index contributed by atoms with van der Waals surface area (Å²) in [6.45, 7) is 5.04. The predicted octanol–water partition coefficient (Wildman–Crippen LogP) is 0.729. The van der Waals surface area contributed by atoms with E-state index in [1.54, 1.807) is 7.05 Å². The Hall–Kier alpha value is -1.62. The molecule has 1 amide bonds. The van der Waals surface area contributed by atoms with Crippen LogP contribution in [0.3, 0.4) is 0 Å². The molecule has 0 aliphatic carbocycles. The number of aryl methyl sites for hydroxylation is 2. The van der Waals surface area contributed by atoms with Crippen LogP contribution in [0.5, 0.6) is 0 Å². The van der Waals surface area contributed by atoms with Crippen molar-refractivity contribution in [3.05, 3.63) is 23.0 Å². The van der Waals surface area contributed by atoms with Gasteiger partial charge in [-0.05, 0) is 19.9 Å². The van der Waals surface area contributed by atoms with Gasteiger partial charge in [0, 0.05) is 56.2 Å². The summed E-state index contributed by atoms with van der Waals surface area (Å²) in [4.78, 5) is 17.7. The lowest BCUT2D eigenvalue weighted by Gasteiger charge is -2.23. The number of nitrogens with one attached hydrogen (secondary N) is 1. The largest absolute Gasteiger partial charge is 0.374 e. The molecule has 0 aromatic carbocycles. The van der Waals surface area contributed by atoms with E-state index in [1.807, 2.05) is 27.0 Å². The van der Waals surface area contributed by atoms with Crippen LogP contribution >= 0.6 is 0 Å². The monoisotopic (exact) mass is 250 g/mol. The molecule has 0 radical (unpaired) electrons. The molecular weight excluding hydrogens is 228 g/mol. The van der Waals surface area contributed by atoms with Gasteiger partial charge in [-0.25, -0.2) is 0 Å². The van der Waals surface area contributed by atoms with Gasteiger partial charge in [0.2, 0.25) is 5.91 Å². The number of carbonyl (C=O) groups is 1. The van der Waals surface area contributed by atoms with Crippen molar-refractivity contribution in [2.45, 2.75) is 26.8 Å². The molecule has 0 aliphatic rings. The highest BCUT2D eigenvalue weighted by atomic mass is 16.1. The smallest absolute Gasteiger partial charge is 0.221 e. The number of amides is 1. The topological polar surface area (TPSA) is 71.2 Å². The number of nitrogens with two attached hydrogens (primary N) is 1. The summed E-state index contributed by atoms with van der Waals surface area (Å²) in [5.41, 5.74) is 9.80. The zero-order valence-corrected chi connectivity index (χ0v) is 11.6.